The van der Waals surface area contributed by atoms with E-state index >= 15 is 0 Å². The first-order valence-electron chi connectivity index (χ1n) is 24.7. The van der Waals surface area contributed by atoms with Crippen molar-refractivity contribution in [2.75, 3.05) is 13.2 Å². The van der Waals surface area contributed by atoms with Crippen molar-refractivity contribution in [1.29, 1.82) is 0 Å². The molecule has 0 saturated heterocycles. The zero-order valence-electron chi connectivity index (χ0n) is 36.4. The molecular weight excluding hydrogens is 649 g/mol. The fraction of sp³-hybridized carbons (Fsp3) is 0.940. The third kappa shape index (κ3) is 49.2. The molecule has 0 atom stereocenters. The second kappa shape index (κ2) is 49.2. The van der Waals surface area contributed by atoms with Crippen molar-refractivity contribution in [3.63, 3.8) is 0 Å². The van der Waals surface area contributed by atoms with Crippen LogP contribution in [-0.4, -0.2) is 24.3 Å². The molecule has 3 nitrogen and oxygen atoms in total. The average molecular weight is 747 g/mol. The molecule has 53 heavy (non-hydrogen) atoms. The van der Waals surface area contributed by atoms with E-state index in [1.165, 1.54) is 250 Å². The fourth-order valence-electron chi connectivity index (χ4n) is 7.75. The molecule has 0 spiro atoms. The molecule has 0 rings (SSSR count). The van der Waals surface area contributed by atoms with Gasteiger partial charge in [-0.3, -0.25) is 4.79 Å². The fourth-order valence-corrected chi connectivity index (χ4v) is 7.75. The van der Waals surface area contributed by atoms with Crippen molar-refractivity contribution >= 4 is 5.97 Å². The van der Waals surface area contributed by atoms with E-state index in [0.29, 0.717) is 19.6 Å². The smallest absolute Gasteiger partial charge is 0.305 e. The molecule has 0 aromatic rings. The number of aliphatic hydroxyl groups excluding tert-OH is 1. The summed E-state index contributed by atoms with van der Waals surface area (Å²) in [6.45, 7) is 3.24. The van der Waals surface area contributed by atoms with Gasteiger partial charge in [0.25, 0.3) is 0 Å². The topological polar surface area (TPSA) is 46.5 Å². The summed E-state index contributed by atoms with van der Waals surface area (Å²) < 4.78 is 5.45. The molecule has 0 aliphatic carbocycles. The van der Waals surface area contributed by atoms with Crippen LogP contribution in [0.25, 0.3) is 0 Å². The summed E-state index contributed by atoms with van der Waals surface area (Å²) in [7, 11) is 0. The predicted octanol–water partition coefficient (Wildman–Crippen LogP) is 17.3. The van der Waals surface area contributed by atoms with E-state index in [1.807, 2.05) is 0 Å². The minimum atomic E-state index is 0.0159. The number of hydrogen-bond acceptors (Lipinski definition) is 3. The van der Waals surface area contributed by atoms with Gasteiger partial charge in [0.05, 0.1) is 6.61 Å². The summed E-state index contributed by atoms with van der Waals surface area (Å²) in [6, 6.07) is 0. The molecular formula is C50H98O3. The number of ether oxygens (including phenoxy) is 1. The highest BCUT2D eigenvalue weighted by atomic mass is 16.5. The van der Waals surface area contributed by atoms with Crippen LogP contribution in [0.2, 0.25) is 0 Å². The lowest BCUT2D eigenvalue weighted by atomic mass is 10.0. The van der Waals surface area contributed by atoms with Crippen molar-refractivity contribution in [1.82, 2.24) is 0 Å². The summed E-state index contributed by atoms with van der Waals surface area (Å²) in [6.07, 6.45) is 63.7. The average Bonchev–Trinajstić information content (AvgIpc) is 3.16. The number of allylic oxidation sites excluding steroid dienone is 2. The first-order chi connectivity index (χ1) is 26.3. The first-order valence-corrected chi connectivity index (χ1v) is 24.7. The molecule has 0 fully saturated rings. The van der Waals surface area contributed by atoms with Crippen molar-refractivity contribution in [2.24, 2.45) is 0 Å². The van der Waals surface area contributed by atoms with Gasteiger partial charge >= 0.3 is 5.97 Å². The number of carbonyl (C=O) groups excluding carboxylic acids is 1. The summed E-state index contributed by atoms with van der Waals surface area (Å²) in [4.78, 5) is 12.0. The number of rotatable bonds is 47. The van der Waals surface area contributed by atoms with E-state index in [4.69, 9.17) is 9.84 Å². The van der Waals surface area contributed by atoms with E-state index in [2.05, 4.69) is 19.1 Å². The molecule has 0 aromatic heterocycles. The second-order valence-corrected chi connectivity index (χ2v) is 16.9. The lowest BCUT2D eigenvalue weighted by Gasteiger charge is -2.06. The zero-order chi connectivity index (χ0) is 38.2. The van der Waals surface area contributed by atoms with Gasteiger partial charge in [0.1, 0.15) is 0 Å². The van der Waals surface area contributed by atoms with Gasteiger partial charge < -0.3 is 9.84 Å². The highest BCUT2D eigenvalue weighted by molar-refractivity contribution is 5.69. The van der Waals surface area contributed by atoms with Crippen LogP contribution in [0, 0.1) is 0 Å². The Labute approximate surface area is 334 Å². The molecule has 3 heteroatoms. The maximum Gasteiger partial charge on any atom is 0.305 e. The maximum absolute atomic E-state index is 12.0. The molecule has 0 unspecified atom stereocenters. The normalized spacial score (nSPS) is 11.7. The van der Waals surface area contributed by atoms with Gasteiger partial charge in [0.15, 0.2) is 0 Å². The molecule has 316 valence electrons. The molecule has 0 saturated carbocycles. The van der Waals surface area contributed by atoms with Crippen molar-refractivity contribution in [2.45, 2.75) is 289 Å². The summed E-state index contributed by atoms with van der Waals surface area (Å²) >= 11 is 0. The van der Waals surface area contributed by atoms with E-state index in [-0.39, 0.29) is 5.97 Å². The minimum Gasteiger partial charge on any atom is -0.466 e. The van der Waals surface area contributed by atoms with Gasteiger partial charge in [-0.2, -0.15) is 0 Å². The molecule has 0 aliphatic heterocycles. The Bertz CT molecular complexity index is 688. The number of carbonyl (C=O) groups is 1. The summed E-state index contributed by atoms with van der Waals surface area (Å²) in [5.41, 5.74) is 0. The van der Waals surface area contributed by atoms with Gasteiger partial charge in [-0.05, 0) is 38.5 Å². The molecule has 0 aliphatic rings. The van der Waals surface area contributed by atoms with Crippen LogP contribution in [0.5, 0.6) is 0 Å². The predicted molar refractivity (Wildman–Crippen MR) is 236 cm³/mol. The van der Waals surface area contributed by atoms with Crippen LogP contribution in [0.3, 0.4) is 0 Å². The molecule has 1 N–H and O–H groups in total. The van der Waals surface area contributed by atoms with Gasteiger partial charge in [0.2, 0.25) is 0 Å². The lowest BCUT2D eigenvalue weighted by molar-refractivity contribution is -0.143. The highest BCUT2D eigenvalue weighted by Crippen LogP contribution is 2.17. The monoisotopic (exact) mass is 747 g/mol. The van der Waals surface area contributed by atoms with Gasteiger partial charge in [0, 0.05) is 13.0 Å². The van der Waals surface area contributed by atoms with Crippen LogP contribution in [0.15, 0.2) is 12.2 Å². The second-order valence-electron chi connectivity index (χ2n) is 16.9. The third-order valence-electron chi connectivity index (χ3n) is 11.5. The Balaban J connectivity index is 3.12. The van der Waals surface area contributed by atoms with E-state index in [1.54, 1.807) is 0 Å². The lowest BCUT2D eigenvalue weighted by Crippen LogP contribution is -2.05. The Morgan fingerprint density at radius 1 is 0.358 bits per heavy atom. The number of hydrogen-bond donors (Lipinski definition) is 1. The third-order valence-corrected chi connectivity index (χ3v) is 11.5. The summed E-state index contributed by atoms with van der Waals surface area (Å²) in [5, 5.41) is 8.81. The summed E-state index contributed by atoms with van der Waals surface area (Å²) in [5.74, 6) is 0.0159. The largest absolute Gasteiger partial charge is 0.466 e. The number of esters is 1. The van der Waals surface area contributed by atoms with E-state index in [0.717, 1.165) is 25.7 Å². The highest BCUT2D eigenvalue weighted by Gasteiger charge is 2.03. The number of aliphatic hydroxyl groups is 1. The molecule has 0 bridgehead atoms. The molecule has 0 amide bonds. The Morgan fingerprint density at radius 3 is 0.943 bits per heavy atom. The number of unbranched alkanes of at least 4 members (excludes halogenated alkanes) is 40. The minimum absolute atomic E-state index is 0.0159. The van der Waals surface area contributed by atoms with Gasteiger partial charge in [-0.15, -0.1) is 0 Å². The van der Waals surface area contributed by atoms with Gasteiger partial charge in [-0.25, -0.2) is 0 Å². The van der Waals surface area contributed by atoms with Crippen LogP contribution >= 0.6 is 0 Å². The zero-order valence-corrected chi connectivity index (χ0v) is 36.4. The van der Waals surface area contributed by atoms with Crippen molar-refractivity contribution < 1.29 is 14.6 Å². The molecule has 0 heterocycles. The Kier molecular flexibility index (Phi) is 48.4. The Morgan fingerprint density at radius 2 is 0.623 bits per heavy atom. The quantitative estimate of drug-likeness (QED) is 0.0383. The van der Waals surface area contributed by atoms with Crippen molar-refractivity contribution in [3.05, 3.63) is 12.2 Å². The van der Waals surface area contributed by atoms with Crippen LogP contribution in [0.1, 0.15) is 289 Å². The Hall–Kier alpha value is -0.830. The molecule has 0 aromatic carbocycles. The van der Waals surface area contributed by atoms with Crippen LogP contribution < -0.4 is 0 Å². The SMILES string of the molecule is CCCC/C=C\CCCCCCCC(=O)OCCCCCCCCCCCCCCCCCCCCCCCCCCCCCCCCCCCCO. The van der Waals surface area contributed by atoms with Crippen LogP contribution in [-0.2, 0) is 9.53 Å². The van der Waals surface area contributed by atoms with Crippen LogP contribution in [0.4, 0.5) is 0 Å². The first kappa shape index (κ1) is 52.2. The standard InChI is InChI=1S/C50H98O3/c1-2-3-4-5-6-7-32-35-38-41-44-47-50(52)53-49-46-43-40-37-34-31-29-27-25-23-21-19-17-15-13-11-9-8-10-12-14-16-18-20-22-24-26-28-30-33-36-39-42-45-48-51/h5-6,51H,2-4,7-49H2,1H3/b6-5-. The van der Waals surface area contributed by atoms with E-state index in [9.17, 15) is 4.79 Å². The molecule has 0 radical (unpaired) electrons. The van der Waals surface area contributed by atoms with E-state index < -0.39 is 0 Å². The maximum atomic E-state index is 12.0. The van der Waals surface area contributed by atoms with Gasteiger partial charge in [-0.1, -0.05) is 257 Å². The van der Waals surface area contributed by atoms with Crippen molar-refractivity contribution in [3.8, 4) is 0 Å².